The van der Waals surface area contributed by atoms with Gasteiger partial charge in [-0.1, -0.05) is 37.3 Å². The van der Waals surface area contributed by atoms with E-state index in [1.54, 1.807) is 25.6 Å². The van der Waals surface area contributed by atoms with Crippen molar-refractivity contribution in [2.24, 2.45) is 11.7 Å². The number of carbonyl (C=O) groups excluding carboxylic acids is 5. The number of Topliss-reactive ketones (excluding diaryl/α,β-unsaturated/α-hetero) is 1. The van der Waals surface area contributed by atoms with Crippen LogP contribution < -0.4 is 16.4 Å². The zero-order valence-corrected chi connectivity index (χ0v) is 32.9. The molecule has 1 aromatic carbocycles. The van der Waals surface area contributed by atoms with Gasteiger partial charge in [0.2, 0.25) is 27.6 Å². The maximum absolute atomic E-state index is 14.8. The number of amides is 4. The maximum atomic E-state index is 14.8. The molecule has 1 aliphatic carbocycles. The smallest absolute Gasteiger partial charge is 0.287 e. The summed E-state index contributed by atoms with van der Waals surface area (Å²) in [6.45, 7) is 1.15. The van der Waals surface area contributed by atoms with Crippen LogP contribution in [-0.4, -0.2) is 122 Å². The first kappa shape index (κ1) is 41.6. The van der Waals surface area contributed by atoms with Gasteiger partial charge in [-0.2, -0.15) is 16.1 Å². The summed E-state index contributed by atoms with van der Waals surface area (Å²) in [7, 11) is -4.21. The van der Waals surface area contributed by atoms with Gasteiger partial charge in [-0.25, -0.2) is 21.9 Å². The summed E-state index contributed by atoms with van der Waals surface area (Å²) < 4.78 is 54.7. The lowest BCUT2D eigenvalue weighted by molar-refractivity contribution is -0.145. The van der Waals surface area contributed by atoms with Gasteiger partial charge in [0.25, 0.3) is 17.7 Å². The van der Waals surface area contributed by atoms with E-state index in [1.165, 1.54) is 27.9 Å². The number of aromatic nitrogens is 3. The molecule has 4 amide bonds. The molecule has 1 aromatic heterocycles. The number of primary amides is 1. The molecule has 56 heavy (non-hydrogen) atoms. The Hall–Kier alpha value is -4.01. The van der Waals surface area contributed by atoms with Crippen LogP contribution in [0.5, 0.6) is 0 Å². The first-order valence-corrected chi connectivity index (χ1v) is 21.4. The average Bonchev–Trinajstić information content (AvgIpc) is 3.83. The Morgan fingerprint density at radius 2 is 1.70 bits per heavy atom. The summed E-state index contributed by atoms with van der Waals surface area (Å²) in [6.07, 6.45) is 6.51. The number of hydrogen-bond acceptors (Lipinski definition) is 11. The second-order valence-corrected chi connectivity index (χ2v) is 19.0. The lowest BCUT2D eigenvalue weighted by Crippen LogP contribution is -2.63. The minimum absolute atomic E-state index is 0.00257. The number of nitrogens with one attached hydrogen (secondary N) is 2. The van der Waals surface area contributed by atoms with Gasteiger partial charge in [0, 0.05) is 18.5 Å². The highest BCUT2D eigenvalue weighted by molar-refractivity contribution is 7.99. The van der Waals surface area contributed by atoms with Crippen molar-refractivity contribution in [2.75, 3.05) is 31.1 Å². The van der Waals surface area contributed by atoms with Crippen LogP contribution in [0.25, 0.3) is 0 Å². The molecule has 0 spiro atoms. The molecule has 20 heteroatoms. The number of halogens is 2. The first-order chi connectivity index (χ1) is 26.3. The van der Waals surface area contributed by atoms with Gasteiger partial charge < -0.3 is 26.4 Å². The van der Waals surface area contributed by atoms with Crippen LogP contribution in [0.2, 0.25) is 0 Å². The molecular weight excluding hydrogens is 775 g/mol. The fraction of sp³-hybridized carbons (Fsp3) is 0.639. The highest BCUT2D eigenvalue weighted by Crippen LogP contribution is 2.36. The second-order valence-electron chi connectivity index (χ2n) is 15.8. The predicted octanol–water partition coefficient (Wildman–Crippen LogP) is 1.49. The van der Waals surface area contributed by atoms with Gasteiger partial charge in [-0.15, -0.1) is 5.10 Å². The quantitative estimate of drug-likeness (QED) is 0.212. The summed E-state index contributed by atoms with van der Waals surface area (Å²) in [5.41, 5.74) is 2.84. The molecular formula is C36H48F2N8O8S2. The molecule has 4 fully saturated rings. The SMILES string of the molecule is CC(C)(O)c1cnnn1[C@H]1C[C@@H](C(=O)NC2(C(=O)C(N)=O)CCSCC2)N(C(=O)C(CC2CCCCC2)NC(=O)c2ccc(S(=O)(=O)N3CC(F)(F)C3)cc2)C1. The first-order valence-electron chi connectivity index (χ1n) is 18.8. The lowest BCUT2D eigenvalue weighted by atomic mass is 9.84. The van der Waals surface area contributed by atoms with E-state index in [2.05, 4.69) is 20.9 Å². The molecule has 6 rings (SSSR count). The number of aliphatic hydroxyl groups is 1. The van der Waals surface area contributed by atoms with Crippen LogP contribution in [0, 0.1) is 5.92 Å². The number of nitrogens with zero attached hydrogens (tertiary/aromatic N) is 5. The summed E-state index contributed by atoms with van der Waals surface area (Å²) in [5.74, 6) is -6.14. The van der Waals surface area contributed by atoms with Crippen molar-refractivity contribution < 1.29 is 46.3 Å². The van der Waals surface area contributed by atoms with Crippen molar-refractivity contribution in [2.45, 2.75) is 112 Å². The lowest BCUT2D eigenvalue weighted by Gasteiger charge is -2.37. The van der Waals surface area contributed by atoms with E-state index in [0.29, 0.717) is 21.5 Å². The van der Waals surface area contributed by atoms with Gasteiger partial charge in [0.15, 0.2) is 0 Å². The van der Waals surface area contributed by atoms with Crippen molar-refractivity contribution in [3.8, 4) is 0 Å². The Morgan fingerprint density at radius 3 is 2.29 bits per heavy atom. The molecule has 3 saturated heterocycles. The number of sulfonamides is 1. The molecule has 3 aliphatic heterocycles. The van der Waals surface area contributed by atoms with Crippen LogP contribution >= 0.6 is 11.8 Å². The van der Waals surface area contributed by atoms with E-state index in [0.717, 1.165) is 44.2 Å². The van der Waals surface area contributed by atoms with E-state index in [9.17, 15) is 46.3 Å². The van der Waals surface area contributed by atoms with E-state index in [1.807, 2.05) is 0 Å². The molecule has 0 bridgehead atoms. The number of rotatable bonds is 13. The van der Waals surface area contributed by atoms with Gasteiger partial charge in [0.05, 0.1) is 35.9 Å². The normalized spacial score (nSPS) is 23.5. The van der Waals surface area contributed by atoms with Gasteiger partial charge in [0.1, 0.15) is 23.2 Å². The zero-order valence-electron chi connectivity index (χ0n) is 31.3. The largest absolute Gasteiger partial charge is 0.384 e. The van der Waals surface area contributed by atoms with E-state index in [4.69, 9.17) is 5.73 Å². The molecule has 4 aliphatic rings. The molecule has 1 unspecified atom stereocenters. The fourth-order valence-corrected chi connectivity index (χ4v) is 10.8. The summed E-state index contributed by atoms with van der Waals surface area (Å²) in [4.78, 5) is 69.4. The minimum atomic E-state index is -4.21. The summed E-state index contributed by atoms with van der Waals surface area (Å²) >= 11 is 1.56. The molecule has 1 saturated carbocycles. The molecule has 16 nitrogen and oxygen atoms in total. The van der Waals surface area contributed by atoms with E-state index < -0.39 is 87.7 Å². The number of carbonyl (C=O) groups is 5. The van der Waals surface area contributed by atoms with Crippen LogP contribution in [0.1, 0.15) is 93.7 Å². The number of ketones is 1. The molecule has 306 valence electrons. The standard InChI is InChI=1S/C36H48F2N8O8S2/c1-34(2,52)28-18-40-43-46(28)24-17-27(32(50)42-35(29(47)30(39)48)12-14-55-15-13-35)45(19-24)33(51)26(16-22-6-4-3-5-7-22)41-31(49)23-8-10-25(11-9-23)56(53,54)44-20-36(37,38)21-44/h8-11,18,22,24,26-27,52H,3-7,12-17,19-21H2,1-2H3,(H2,39,48)(H,41,49)(H,42,50)/t24-,26?,27-/m0/s1. The van der Waals surface area contributed by atoms with Crippen LogP contribution in [0.3, 0.4) is 0 Å². The number of likely N-dealkylation sites (tertiary alicyclic amines) is 1. The van der Waals surface area contributed by atoms with Gasteiger partial charge in [-0.3, -0.25) is 24.0 Å². The van der Waals surface area contributed by atoms with Crippen molar-refractivity contribution >= 4 is 51.2 Å². The monoisotopic (exact) mass is 822 g/mol. The van der Waals surface area contributed by atoms with Crippen molar-refractivity contribution in [3.63, 3.8) is 0 Å². The Bertz CT molecular complexity index is 1940. The molecule has 4 heterocycles. The number of alkyl halides is 2. The third kappa shape index (κ3) is 8.77. The highest BCUT2D eigenvalue weighted by atomic mass is 32.2. The second kappa shape index (κ2) is 16.1. The van der Waals surface area contributed by atoms with Gasteiger partial charge in [-0.05, 0) is 74.8 Å². The number of hydrogen-bond donors (Lipinski definition) is 4. The molecule has 0 radical (unpaired) electrons. The average molecular weight is 823 g/mol. The Morgan fingerprint density at radius 1 is 1.05 bits per heavy atom. The topological polar surface area (TPSA) is 227 Å². The number of nitrogens with two attached hydrogens (primary N) is 1. The van der Waals surface area contributed by atoms with Gasteiger partial charge >= 0.3 is 0 Å². The van der Waals surface area contributed by atoms with Crippen LogP contribution in [-0.2, 0) is 34.8 Å². The molecule has 3 atom stereocenters. The Kier molecular flexibility index (Phi) is 12.0. The number of thioether (sulfide) groups is 1. The summed E-state index contributed by atoms with van der Waals surface area (Å²) in [5, 5.41) is 24.7. The van der Waals surface area contributed by atoms with Crippen LogP contribution in [0.15, 0.2) is 35.4 Å². The van der Waals surface area contributed by atoms with Crippen molar-refractivity contribution in [3.05, 3.63) is 41.7 Å². The summed E-state index contributed by atoms with van der Waals surface area (Å²) in [6, 6.07) is 1.79. The Labute approximate surface area is 327 Å². The number of benzene rings is 1. The molecule has 5 N–H and O–H groups in total. The molecule has 2 aromatic rings. The minimum Gasteiger partial charge on any atom is -0.384 e. The fourth-order valence-electron chi connectivity index (χ4n) is 8.10. The van der Waals surface area contributed by atoms with E-state index >= 15 is 0 Å². The Balaban J connectivity index is 1.29. The maximum Gasteiger partial charge on any atom is 0.287 e. The third-order valence-corrected chi connectivity index (χ3v) is 14.0. The highest BCUT2D eigenvalue weighted by Gasteiger charge is 2.51. The predicted molar refractivity (Wildman–Crippen MR) is 199 cm³/mol. The van der Waals surface area contributed by atoms with E-state index in [-0.39, 0.29) is 48.6 Å². The zero-order chi connectivity index (χ0) is 40.6. The van der Waals surface area contributed by atoms with Crippen molar-refractivity contribution in [1.29, 1.82) is 0 Å². The van der Waals surface area contributed by atoms with Crippen LogP contribution in [0.4, 0.5) is 8.78 Å². The van der Waals surface area contributed by atoms with Crippen molar-refractivity contribution in [1.82, 2.24) is 34.8 Å². The third-order valence-electron chi connectivity index (χ3n) is 11.2.